The van der Waals surface area contributed by atoms with Crippen molar-refractivity contribution in [3.63, 3.8) is 0 Å². The number of rotatable bonds is 5. The zero-order valence-electron chi connectivity index (χ0n) is 7.84. The van der Waals surface area contributed by atoms with Crippen LogP contribution in [0, 0.1) is 0 Å². The molecule has 1 aromatic heterocycles. The highest BCUT2D eigenvalue weighted by molar-refractivity contribution is 9.10. The van der Waals surface area contributed by atoms with Crippen LogP contribution in [0.1, 0.15) is 17.3 Å². The van der Waals surface area contributed by atoms with Crippen LogP contribution in [0.25, 0.3) is 0 Å². The molecule has 74 valence electrons. The molecular weight excluding hydrogens is 266 g/mol. The summed E-state index contributed by atoms with van der Waals surface area (Å²) in [7, 11) is 2.02. The lowest BCUT2D eigenvalue weighted by Gasteiger charge is -2.14. The van der Waals surface area contributed by atoms with Gasteiger partial charge in [-0.25, -0.2) is 0 Å². The molecule has 4 heteroatoms. The molecule has 0 saturated carbocycles. The summed E-state index contributed by atoms with van der Waals surface area (Å²) in [4.78, 5) is 1.41. The smallest absolute Gasteiger partial charge is 0.0431 e. The SMILES string of the molecule is CNC(CCSC)c1sccc1Br. The summed E-state index contributed by atoms with van der Waals surface area (Å²) in [6.45, 7) is 0. The summed E-state index contributed by atoms with van der Waals surface area (Å²) in [5, 5.41) is 5.47. The molecule has 1 rings (SSSR count). The van der Waals surface area contributed by atoms with E-state index >= 15 is 0 Å². The molecule has 1 aromatic rings. The molecule has 0 spiro atoms. The van der Waals surface area contributed by atoms with Crippen molar-refractivity contribution in [3.05, 3.63) is 20.8 Å². The third-order valence-electron chi connectivity index (χ3n) is 1.92. The molecule has 0 aliphatic heterocycles. The van der Waals surface area contributed by atoms with Crippen molar-refractivity contribution in [2.45, 2.75) is 12.5 Å². The fourth-order valence-electron chi connectivity index (χ4n) is 1.20. The first-order chi connectivity index (χ1) is 6.29. The maximum atomic E-state index is 3.56. The minimum atomic E-state index is 0.502. The predicted molar refractivity (Wildman–Crippen MR) is 66.8 cm³/mol. The third kappa shape index (κ3) is 3.27. The Morgan fingerprint density at radius 1 is 1.69 bits per heavy atom. The summed E-state index contributed by atoms with van der Waals surface area (Å²) in [6, 6.07) is 2.62. The maximum absolute atomic E-state index is 3.56. The maximum Gasteiger partial charge on any atom is 0.0431 e. The fourth-order valence-corrected chi connectivity index (χ4v) is 3.46. The van der Waals surface area contributed by atoms with Crippen LogP contribution in [0.15, 0.2) is 15.9 Å². The molecule has 0 amide bonds. The number of nitrogens with one attached hydrogen (secondary N) is 1. The van der Waals surface area contributed by atoms with E-state index in [0.717, 1.165) is 0 Å². The lowest BCUT2D eigenvalue weighted by atomic mass is 10.2. The Bertz CT molecular complexity index is 250. The number of halogens is 1. The van der Waals surface area contributed by atoms with Gasteiger partial charge < -0.3 is 5.32 Å². The van der Waals surface area contributed by atoms with Gasteiger partial charge in [-0.2, -0.15) is 11.8 Å². The fraction of sp³-hybridized carbons (Fsp3) is 0.556. The molecule has 0 saturated heterocycles. The minimum absolute atomic E-state index is 0.502. The van der Waals surface area contributed by atoms with Gasteiger partial charge in [0, 0.05) is 15.4 Å². The second-order valence-corrected chi connectivity index (χ2v) is 5.54. The van der Waals surface area contributed by atoms with Gasteiger partial charge >= 0.3 is 0 Å². The van der Waals surface area contributed by atoms with Crippen molar-refractivity contribution in [3.8, 4) is 0 Å². The van der Waals surface area contributed by atoms with Crippen LogP contribution in [0.5, 0.6) is 0 Å². The quantitative estimate of drug-likeness (QED) is 0.885. The Hall–Kier alpha value is 0.490. The van der Waals surface area contributed by atoms with Crippen molar-refractivity contribution >= 4 is 39.0 Å². The van der Waals surface area contributed by atoms with Crippen molar-refractivity contribution in [2.75, 3.05) is 19.1 Å². The second kappa shape index (κ2) is 6.06. The summed E-state index contributed by atoms with van der Waals surface area (Å²) >= 11 is 7.28. The molecule has 1 heterocycles. The average Bonchev–Trinajstić information content (AvgIpc) is 2.54. The number of hydrogen-bond acceptors (Lipinski definition) is 3. The molecule has 0 aliphatic rings. The highest BCUT2D eigenvalue weighted by Gasteiger charge is 2.12. The Morgan fingerprint density at radius 2 is 2.46 bits per heavy atom. The largest absolute Gasteiger partial charge is 0.312 e. The normalized spacial score (nSPS) is 13.2. The van der Waals surface area contributed by atoms with Gasteiger partial charge in [-0.05, 0) is 52.9 Å². The van der Waals surface area contributed by atoms with Crippen LogP contribution in [-0.2, 0) is 0 Å². The van der Waals surface area contributed by atoms with Crippen molar-refractivity contribution in [1.82, 2.24) is 5.32 Å². The molecule has 0 radical (unpaired) electrons. The van der Waals surface area contributed by atoms with Gasteiger partial charge in [-0.15, -0.1) is 11.3 Å². The van der Waals surface area contributed by atoms with Crippen LogP contribution in [0.4, 0.5) is 0 Å². The van der Waals surface area contributed by atoms with E-state index in [9.17, 15) is 0 Å². The van der Waals surface area contributed by atoms with E-state index in [1.165, 1.54) is 21.5 Å². The highest BCUT2D eigenvalue weighted by Crippen LogP contribution is 2.31. The predicted octanol–water partition coefficient (Wildman–Crippen LogP) is 3.52. The van der Waals surface area contributed by atoms with E-state index in [1.807, 2.05) is 30.1 Å². The highest BCUT2D eigenvalue weighted by atomic mass is 79.9. The molecule has 1 atom stereocenters. The van der Waals surface area contributed by atoms with Crippen LogP contribution in [0.3, 0.4) is 0 Å². The van der Waals surface area contributed by atoms with Crippen LogP contribution in [-0.4, -0.2) is 19.1 Å². The number of thioether (sulfide) groups is 1. The topological polar surface area (TPSA) is 12.0 Å². The van der Waals surface area contributed by atoms with Crippen molar-refractivity contribution in [1.29, 1.82) is 0 Å². The first-order valence-corrected chi connectivity index (χ1v) is 7.25. The van der Waals surface area contributed by atoms with E-state index < -0.39 is 0 Å². The Morgan fingerprint density at radius 3 is 2.92 bits per heavy atom. The van der Waals surface area contributed by atoms with Gasteiger partial charge in [0.1, 0.15) is 0 Å². The zero-order valence-corrected chi connectivity index (χ0v) is 11.1. The molecule has 1 N–H and O–H groups in total. The summed E-state index contributed by atoms with van der Waals surface area (Å²) < 4.78 is 1.23. The third-order valence-corrected chi connectivity index (χ3v) is 4.55. The molecule has 0 aromatic carbocycles. The van der Waals surface area contributed by atoms with Gasteiger partial charge in [-0.1, -0.05) is 0 Å². The standard InChI is InChI=1S/C9H14BrNS2/c1-11-8(4-5-12-2)9-7(10)3-6-13-9/h3,6,8,11H,4-5H2,1-2H3. The Kier molecular flexibility index (Phi) is 5.39. The lowest BCUT2D eigenvalue weighted by molar-refractivity contribution is 0.589. The van der Waals surface area contributed by atoms with E-state index in [2.05, 4.69) is 38.9 Å². The Balaban J connectivity index is 2.61. The van der Waals surface area contributed by atoms with Crippen LogP contribution < -0.4 is 5.32 Å². The molecular formula is C9H14BrNS2. The zero-order chi connectivity index (χ0) is 9.68. The molecule has 1 nitrogen and oxygen atoms in total. The number of thiophene rings is 1. The molecule has 1 unspecified atom stereocenters. The molecule has 0 fully saturated rings. The monoisotopic (exact) mass is 279 g/mol. The van der Waals surface area contributed by atoms with E-state index in [-0.39, 0.29) is 0 Å². The lowest BCUT2D eigenvalue weighted by Crippen LogP contribution is -2.16. The van der Waals surface area contributed by atoms with Gasteiger partial charge in [-0.3, -0.25) is 0 Å². The summed E-state index contributed by atoms with van der Waals surface area (Å²) in [6.07, 6.45) is 3.34. The summed E-state index contributed by atoms with van der Waals surface area (Å²) in [5.41, 5.74) is 0. The molecule has 13 heavy (non-hydrogen) atoms. The van der Waals surface area contributed by atoms with Crippen molar-refractivity contribution in [2.24, 2.45) is 0 Å². The first-order valence-electron chi connectivity index (χ1n) is 4.18. The van der Waals surface area contributed by atoms with E-state index in [4.69, 9.17) is 0 Å². The van der Waals surface area contributed by atoms with Gasteiger partial charge in [0.25, 0.3) is 0 Å². The first kappa shape index (κ1) is 11.6. The minimum Gasteiger partial charge on any atom is -0.312 e. The van der Waals surface area contributed by atoms with Gasteiger partial charge in [0.15, 0.2) is 0 Å². The molecule has 0 bridgehead atoms. The van der Waals surface area contributed by atoms with Gasteiger partial charge in [0.05, 0.1) is 0 Å². The van der Waals surface area contributed by atoms with E-state index in [0.29, 0.717) is 6.04 Å². The van der Waals surface area contributed by atoms with Gasteiger partial charge in [0.2, 0.25) is 0 Å². The number of hydrogen-bond donors (Lipinski definition) is 1. The second-order valence-electron chi connectivity index (χ2n) is 2.76. The van der Waals surface area contributed by atoms with E-state index in [1.54, 1.807) is 0 Å². The Labute approximate surface area is 96.4 Å². The average molecular weight is 280 g/mol. The van der Waals surface area contributed by atoms with Crippen LogP contribution in [0.2, 0.25) is 0 Å². The summed E-state index contributed by atoms with van der Waals surface area (Å²) in [5.74, 6) is 1.20. The van der Waals surface area contributed by atoms with Crippen molar-refractivity contribution < 1.29 is 0 Å². The molecule has 0 aliphatic carbocycles. The van der Waals surface area contributed by atoms with Crippen LogP contribution >= 0.6 is 39.0 Å².